The SMILES string of the molecule is COc1ccc(Br)c(Cn2cnc(CNC(C)C)n2)c1. The summed E-state index contributed by atoms with van der Waals surface area (Å²) >= 11 is 3.54. The predicted molar refractivity (Wildman–Crippen MR) is 81.8 cm³/mol. The summed E-state index contributed by atoms with van der Waals surface area (Å²) in [6, 6.07) is 6.33. The van der Waals surface area contributed by atoms with Crippen LogP contribution < -0.4 is 10.1 Å². The van der Waals surface area contributed by atoms with Gasteiger partial charge in [0.1, 0.15) is 12.1 Å². The highest BCUT2D eigenvalue weighted by molar-refractivity contribution is 9.10. The number of aromatic nitrogens is 3. The second kappa shape index (κ2) is 6.85. The second-order valence-electron chi connectivity index (χ2n) is 4.85. The minimum atomic E-state index is 0.425. The van der Waals surface area contributed by atoms with Crippen LogP contribution in [-0.2, 0) is 13.1 Å². The lowest BCUT2D eigenvalue weighted by Crippen LogP contribution is -2.22. The average molecular weight is 339 g/mol. The van der Waals surface area contributed by atoms with E-state index in [0.717, 1.165) is 21.6 Å². The molecule has 1 N–H and O–H groups in total. The van der Waals surface area contributed by atoms with Crippen LogP contribution in [0.3, 0.4) is 0 Å². The highest BCUT2D eigenvalue weighted by Crippen LogP contribution is 2.23. The van der Waals surface area contributed by atoms with Crippen molar-refractivity contribution in [3.8, 4) is 5.75 Å². The van der Waals surface area contributed by atoms with Crippen molar-refractivity contribution in [3.63, 3.8) is 0 Å². The van der Waals surface area contributed by atoms with Crippen LogP contribution in [0.15, 0.2) is 29.0 Å². The van der Waals surface area contributed by atoms with Crippen molar-refractivity contribution in [3.05, 3.63) is 40.4 Å². The molecule has 2 rings (SSSR count). The largest absolute Gasteiger partial charge is 0.497 e. The van der Waals surface area contributed by atoms with E-state index in [4.69, 9.17) is 4.74 Å². The lowest BCUT2D eigenvalue weighted by atomic mass is 10.2. The summed E-state index contributed by atoms with van der Waals surface area (Å²) in [5.41, 5.74) is 1.11. The molecular formula is C14H19BrN4O. The summed E-state index contributed by atoms with van der Waals surface area (Å²) < 4.78 is 8.11. The summed E-state index contributed by atoms with van der Waals surface area (Å²) in [5.74, 6) is 1.64. The van der Waals surface area contributed by atoms with Gasteiger partial charge >= 0.3 is 0 Å². The summed E-state index contributed by atoms with van der Waals surface area (Å²) in [4.78, 5) is 4.30. The van der Waals surface area contributed by atoms with E-state index in [1.165, 1.54) is 0 Å². The number of halogens is 1. The highest BCUT2D eigenvalue weighted by Gasteiger charge is 2.06. The molecule has 1 aromatic carbocycles. The molecule has 1 heterocycles. The van der Waals surface area contributed by atoms with E-state index in [-0.39, 0.29) is 0 Å². The number of hydrogen-bond acceptors (Lipinski definition) is 4. The van der Waals surface area contributed by atoms with Gasteiger partial charge in [-0.3, -0.25) is 0 Å². The first-order valence-corrected chi connectivity index (χ1v) is 7.32. The molecular weight excluding hydrogens is 320 g/mol. The van der Waals surface area contributed by atoms with Crippen LogP contribution in [0.5, 0.6) is 5.75 Å². The fraction of sp³-hybridized carbons (Fsp3) is 0.429. The Morgan fingerprint density at radius 2 is 2.20 bits per heavy atom. The molecule has 0 unspecified atom stereocenters. The lowest BCUT2D eigenvalue weighted by molar-refractivity contribution is 0.414. The molecule has 0 saturated carbocycles. The molecule has 5 nitrogen and oxygen atoms in total. The molecule has 0 aliphatic rings. The Morgan fingerprint density at radius 3 is 2.90 bits per heavy atom. The topological polar surface area (TPSA) is 52.0 Å². The van der Waals surface area contributed by atoms with Gasteiger partial charge in [0.25, 0.3) is 0 Å². The smallest absolute Gasteiger partial charge is 0.164 e. The molecule has 1 aromatic heterocycles. The molecule has 0 spiro atoms. The minimum Gasteiger partial charge on any atom is -0.497 e. The van der Waals surface area contributed by atoms with Gasteiger partial charge in [-0.15, -0.1) is 0 Å². The van der Waals surface area contributed by atoms with Crippen molar-refractivity contribution in [2.75, 3.05) is 7.11 Å². The molecule has 0 bridgehead atoms. The summed E-state index contributed by atoms with van der Waals surface area (Å²) in [6.07, 6.45) is 1.75. The first-order chi connectivity index (χ1) is 9.58. The summed E-state index contributed by atoms with van der Waals surface area (Å²) in [7, 11) is 1.66. The van der Waals surface area contributed by atoms with Crippen LogP contribution in [0.4, 0.5) is 0 Å². The number of hydrogen-bond donors (Lipinski definition) is 1. The van der Waals surface area contributed by atoms with E-state index in [1.54, 1.807) is 13.4 Å². The Balaban J connectivity index is 2.06. The van der Waals surface area contributed by atoms with E-state index in [1.807, 2.05) is 22.9 Å². The molecule has 0 aliphatic heterocycles. The molecule has 0 aliphatic carbocycles. The van der Waals surface area contributed by atoms with Gasteiger partial charge in [-0.05, 0) is 23.8 Å². The van der Waals surface area contributed by atoms with Crippen LogP contribution in [0.25, 0.3) is 0 Å². The van der Waals surface area contributed by atoms with Gasteiger partial charge in [-0.1, -0.05) is 29.8 Å². The Hall–Kier alpha value is -1.40. The fourth-order valence-electron chi connectivity index (χ4n) is 1.76. The maximum absolute atomic E-state index is 5.24. The van der Waals surface area contributed by atoms with Crippen LogP contribution in [0.1, 0.15) is 25.2 Å². The monoisotopic (exact) mass is 338 g/mol. The Morgan fingerprint density at radius 1 is 1.40 bits per heavy atom. The zero-order valence-corrected chi connectivity index (χ0v) is 13.5. The maximum Gasteiger partial charge on any atom is 0.164 e. The van der Waals surface area contributed by atoms with E-state index >= 15 is 0 Å². The van der Waals surface area contributed by atoms with Crippen LogP contribution in [-0.4, -0.2) is 27.9 Å². The molecule has 20 heavy (non-hydrogen) atoms. The van der Waals surface area contributed by atoms with Crippen LogP contribution in [0.2, 0.25) is 0 Å². The lowest BCUT2D eigenvalue weighted by Gasteiger charge is -2.07. The Kier molecular flexibility index (Phi) is 5.14. The molecule has 0 fully saturated rings. The fourth-order valence-corrected chi connectivity index (χ4v) is 2.13. The number of nitrogens with one attached hydrogen (secondary N) is 1. The van der Waals surface area contributed by atoms with Gasteiger partial charge in [-0.2, -0.15) is 5.10 Å². The van der Waals surface area contributed by atoms with Gasteiger partial charge < -0.3 is 10.1 Å². The standard InChI is InChI=1S/C14H19BrN4O/c1-10(2)16-7-14-17-9-19(18-14)8-11-6-12(20-3)4-5-13(11)15/h4-6,9-10,16H,7-8H2,1-3H3. The zero-order valence-electron chi connectivity index (χ0n) is 11.9. The minimum absolute atomic E-state index is 0.425. The van der Waals surface area contributed by atoms with E-state index in [0.29, 0.717) is 19.1 Å². The normalized spacial score (nSPS) is 11.1. The maximum atomic E-state index is 5.24. The Labute approximate surface area is 127 Å². The number of benzene rings is 1. The summed E-state index contributed by atoms with van der Waals surface area (Å²) in [5, 5.41) is 7.76. The number of methoxy groups -OCH3 is 1. The van der Waals surface area contributed by atoms with Crippen molar-refractivity contribution in [2.24, 2.45) is 0 Å². The van der Waals surface area contributed by atoms with Gasteiger partial charge in [0.05, 0.1) is 20.2 Å². The Bertz CT molecular complexity index is 568. The molecule has 6 heteroatoms. The quantitative estimate of drug-likeness (QED) is 0.879. The summed E-state index contributed by atoms with van der Waals surface area (Å²) in [6.45, 7) is 5.55. The van der Waals surface area contributed by atoms with Gasteiger partial charge in [0.15, 0.2) is 5.82 Å². The molecule has 2 aromatic rings. The molecule has 0 radical (unpaired) electrons. The van der Waals surface area contributed by atoms with Crippen LogP contribution in [0, 0.1) is 0 Å². The van der Waals surface area contributed by atoms with Crippen LogP contribution >= 0.6 is 15.9 Å². The van der Waals surface area contributed by atoms with E-state index in [2.05, 4.69) is 45.2 Å². The van der Waals surface area contributed by atoms with Crippen molar-refractivity contribution in [1.29, 1.82) is 0 Å². The predicted octanol–water partition coefficient (Wildman–Crippen LogP) is 2.60. The third-order valence-corrected chi connectivity index (χ3v) is 3.61. The van der Waals surface area contributed by atoms with Crippen molar-refractivity contribution < 1.29 is 4.74 Å². The molecule has 0 amide bonds. The molecule has 0 saturated heterocycles. The second-order valence-corrected chi connectivity index (χ2v) is 5.71. The van der Waals surface area contributed by atoms with E-state index in [9.17, 15) is 0 Å². The van der Waals surface area contributed by atoms with Crippen molar-refractivity contribution in [2.45, 2.75) is 33.0 Å². The van der Waals surface area contributed by atoms with E-state index < -0.39 is 0 Å². The first kappa shape index (κ1) is 15.0. The molecule has 108 valence electrons. The van der Waals surface area contributed by atoms with Crippen molar-refractivity contribution >= 4 is 15.9 Å². The van der Waals surface area contributed by atoms with Gasteiger partial charge in [-0.25, -0.2) is 9.67 Å². The number of ether oxygens (including phenoxy) is 1. The third-order valence-electron chi connectivity index (χ3n) is 2.84. The first-order valence-electron chi connectivity index (χ1n) is 6.52. The third kappa shape index (κ3) is 4.05. The molecule has 0 atom stereocenters. The average Bonchev–Trinajstić information content (AvgIpc) is 2.86. The van der Waals surface area contributed by atoms with Gasteiger partial charge in [0, 0.05) is 10.5 Å². The number of rotatable bonds is 6. The highest BCUT2D eigenvalue weighted by atomic mass is 79.9. The van der Waals surface area contributed by atoms with Crippen molar-refractivity contribution in [1.82, 2.24) is 20.1 Å². The zero-order chi connectivity index (χ0) is 14.5. The number of nitrogens with zero attached hydrogens (tertiary/aromatic N) is 3. The van der Waals surface area contributed by atoms with Gasteiger partial charge in [0.2, 0.25) is 0 Å².